The van der Waals surface area contributed by atoms with Gasteiger partial charge in [0.2, 0.25) is 0 Å². The molecule has 2 N–H and O–H groups in total. The van der Waals surface area contributed by atoms with E-state index >= 15 is 0 Å². The minimum Gasteiger partial charge on any atom is -0.406 e. The number of halogens is 4. The Hall–Kier alpha value is -2.52. The molecule has 0 radical (unpaired) electrons. The molecule has 0 aliphatic carbocycles. The van der Waals surface area contributed by atoms with E-state index in [1.165, 1.54) is 18.2 Å². The fourth-order valence-electron chi connectivity index (χ4n) is 4.19. The van der Waals surface area contributed by atoms with Gasteiger partial charge in [-0.15, -0.1) is 13.2 Å². The predicted octanol–water partition coefficient (Wildman–Crippen LogP) is 3.98. The predicted molar refractivity (Wildman–Crippen MR) is 106 cm³/mol. The highest BCUT2D eigenvalue weighted by molar-refractivity contribution is 6.29. The molecule has 4 rings (SSSR count). The van der Waals surface area contributed by atoms with Gasteiger partial charge in [-0.3, -0.25) is 4.90 Å². The number of pyridine rings is 1. The quantitative estimate of drug-likeness (QED) is 0.708. The highest BCUT2D eigenvalue weighted by atomic mass is 35.5. The van der Waals surface area contributed by atoms with Crippen LogP contribution in [0.5, 0.6) is 5.75 Å². The first-order chi connectivity index (χ1) is 14.3. The SMILES string of the molecule is O=C(NCc1ccnc(Cl)c1)N1CC2(CCNCC2)c2cc(OC(F)(F)F)ccc21. The Bertz CT molecular complexity index is 948. The Morgan fingerprint density at radius 1 is 1.27 bits per heavy atom. The summed E-state index contributed by atoms with van der Waals surface area (Å²) in [4.78, 5) is 18.5. The first kappa shape index (κ1) is 20.7. The summed E-state index contributed by atoms with van der Waals surface area (Å²) in [6.07, 6.45) is -1.77. The van der Waals surface area contributed by atoms with Gasteiger partial charge in [-0.2, -0.15) is 0 Å². The Morgan fingerprint density at radius 2 is 2.03 bits per heavy atom. The molecule has 1 fully saturated rings. The molecular weight excluding hydrogens is 421 g/mol. The van der Waals surface area contributed by atoms with Gasteiger partial charge >= 0.3 is 12.4 Å². The smallest absolute Gasteiger partial charge is 0.406 e. The van der Waals surface area contributed by atoms with Gasteiger partial charge in [0.1, 0.15) is 10.9 Å². The third-order valence-electron chi connectivity index (χ3n) is 5.57. The summed E-state index contributed by atoms with van der Waals surface area (Å²) in [5, 5.41) is 6.46. The molecule has 2 aliphatic rings. The lowest BCUT2D eigenvalue weighted by molar-refractivity contribution is -0.274. The Labute approximate surface area is 176 Å². The number of nitrogens with one attached hydrogen (secondary N) is 2. The van der Waals surface area contributed by atoms with Crippen molar-refractivity contribution in [1.82, 2.24) is 15.6 Å². The maximum absolute atomic E-state index is 12.9. The lowest BCUT2D eigenvalue weighted by atomic mass is 9.75. The van der Waals surface area contributed by atoms with Crippen LogP contribution in [0.3, 0.4) is 0 Å². The molecule has 3 heterocycles. The Balaban J connectivity index is 1.59. The number of fused-ring (bicyclic) bond motifs is 2. The van der Waals surface area contributed by atoms with E-state index in [0.717, 1.165) is 31.5 Å². The second-order valence-electron chi connectivity index (χ2n) is 7.49. The van der Waals surface area contributed by atoms with Crippen LogP contribution >= 0.6 is 11.6 Å². The van der Waals surface area contributed by atoms with E-state index in [9.17, 15) is 18.0 Å². The van der Waals surface area contributed by atoms with Crippen molar-refractivity contribution in [2.24, 2.45) is 0 Å². The molecule has 2 amide bonds. The summed E-state index contributed by atoms with van der Waals surface area (Å²) in [7, 11) is 0. The highest BCUT2D eigenvalue weighted by Crippen LogP contribution is 2.47. The van der Waals surface area contributed by atoms with Crippen molar-refractivity contribution >= 4 is 23.3 Å². The summed E-state index contributed by atoms with van der Waals surface area (Å²) in [5.41, 5.74) is 1.72. The van der Waals surface area contributed by atoms with Gasteiger partial charge in [-0.25, -0.2) is 9.78 Å². The van der Waals surface area contributed by atoms with Crippen molar-refractivity contribution in [2.75, 3.05) is 24.5 Å². The summed E-state index contributed by atoms with van der Waals surface area (Å²) >= 11 is 5.88. The van der Waals surface area contributed by atoms with Gasteiger partial charge in [0.05, 0.1) is 0 Å². The molecule has 10 heteroatoms. The van der Waals surface area contributed by atoms with Crippen molar-refractivity contribution < 1.29 is 22.7 Å². The van der Waals surface area contributed by atoms with Gasteiger partial charge in [0.15, 0.2) is 0 Å². The second kappa shape index (κ2) is 7.96. The van der Waals surface area contributed by atoms with Gasteiger partial charge in [0, 0.05) is 30.4 Å². The number of urea groups is 1. The standard InChI is InChI=1S/C20H20ClF3N4O2/c21-17-9-13(3-6-26-17)11-27-18(29)28-12-19(4-7-25-8-5-19)15-10-14(1-2-16(15)28)30-20(22,23)24/h1-3,6,9-10,25H,4-5,7-8,11-12H2,(H,27,29). The first-order valence-electron chi connectivity index (χ1n) is 9.53. The lowest BCUT2D eigenvalue weighted by Crippen LogP contribution is -2.46. The van der Waals surface area contributed by atoms with Crippen LogP contribution in [0.4, 0.5) is 23.7 Å². The maximum Gasteiger partial charge on any atom is 0.573 e. The van der Waals surface area contributed by atoms with E-state index in [2.05, 4.69) is 20.4 Å². The van der Waals surface area contributed by atoms with Crippen LogP contribution in [0, 0.1) is 0 Å². The average molecular weight is 441 g/mol. The van der Waals surface area contributed by atoms with Crippen LogP contribution in [-0.4, -0.2) is 37.0 Å². The second-order valence-corrected chi connectivity index (χ2v) is 7.88. The van der Waals surface area contributed by atoms with Crippen molar-refractivity contribution in [3.05, 3.63) is 52.8 Å². The van der Waals surface area contributed by atoms with Gasteiger partial charge < -0.3 is 15.4 Å². The summed E-state index contributed by atoms with van der Waals surface area (Å²) < 4.78 is 42.2. The number of anilines is 1. The van der Waals surface area contributed by atoms with E-state index in [1.807, 2.05) is 0 Å². The number of benzene rings is 1. The molecule has 1 spiro atoms. The van der Waals surface area contributed by atoms with Gasteiger partial charge in [-0.05, 0) is 67.4 Å². The number of hydrogen-bond donors (Lipinski definition) is 2. The van der Waals surface area contributed by atoms with E-state index in [4.69, 9.17) is 11.6 Å². The normalized spacial score (nSPS) is 17.7. The molecule has 30 heavy (non-hydrogen) atoms. The zero-order valence-corrected chi connectivity index (χ0v) is 16.7. The van der Waals surface area contributed by atoms with Crippen molar-refractivity contribution in [3.63, 3.8) is 0 Å². The van der Waals surface area contributed by atoms with Gasteiger partial charge in [0.25, 0.3) is 0 Å². The number of alkyl halides is 3. The van der Waals surface area contributed by atoms with E-state index in [1.54, 1.807) is 23.2 Å². The fraction of sp³-hybridized carbons (Fsp3) is 0.400. The fourth-order valence-corrected chi connectivity index (χ4v) is 4.38. The zero-order valence-electron chi connectivity index (χ0n) is 15.9. The highest BCUT2D eigenvalue weighted by Gasteiger charge is 2.46. The third-order valence-corrected chi connectivity index (χ3v) is 5.77. The number of ether oxygens (including phenoxy) is 1. The third kappa shape index (κ3) is 4.32. The molecule has 0 unspecified atom stereocenters. The minimum atomic E-state index is -4.77. The minimum absolute atomic E-state index is 0.261. The molecular formula is C20H20ClF3N4O2. The van der Waals surface area contributed by atoms with Crippen LogP contribution in [0.25, 0.3) is 0 Å². The molecule has 1 aromatic carbocycles. The molecule has 160 valence electrons. The molecule has 6 nitrogen and oxygen atoms in total. The number of rotatable bonds is 3. The number of nitrogens with zero attached hydrogens (tertiary/aromatic N) is 2. The Morgan fingerprint density at radius 3 is 2.73 bits per heavy atom. The van der Waals surface area contributed by atoms with Crippen LogP contribution in [0.15, 0.2) is 36.5 Å². The lowest BCUT2D eigenvalue weighted by Gasteiger charge is -2.34. The van der Waals surface area contributed by atoms with Crippen molar-refractivity contribution in [1.29, 1.82) is 0 Å². The molecule has 2 aliphatic heterocycles. The van der Waals surface area contributed by atoms with E-state index < -0.39 is 11.8 Å². The number of aromatic nitrogens is 1. The number of hydrogen-bond acceptors (Lipinski definition) is 4. The maximum atomic E-state index is 12.9. The Kier molecular flexibility index (Phi) is 5.50. The summed E-state index contributed by atoms with van der Waals surface area (Å²) in [5.74, 6) is -0.271. The van der Waals surface area contributed by atoms with Gasteiger partial charge in [-0.1, -0.05) is 11.6 Å². The van der Waals surface area contributed by atoms with Crippen molar-refractivity contribution in [3.8, 4) is 5.75 Å². The number of carbonyl (C=O) groups is 1. The summed E-state index contributed by atoms with van der Waals surface area (Å²) in [6.45, 7) is 2.13. The van der Waals surface area contributed by atoms with Crippen LogP contribution in [-0.2, 0) is 12.0 Å². The van der Waals surface area contributed by atoms with Crippen LogP contribution < -0.4 is 20.3 Å². The van der Waals surface area contributed by atoms with E-state index in [-0.39, 0.29) is 18.3 Å². The topological polar surface area (TPSA) is 66.5 Å². The van der Waals surface area contributed by atoms with Crippen LogP contribution in [0.2, 0.25) is 5.15 Å². The largest absolute Gasteiger partial charge is 0.573 e. The zero-order chi connectivity index (χ0) is 21.4. The number of amides is 2. The van der Waals surface area contributed by atoms with Crippen LogP contribution in [0.1, 0.15) is 24.0 Å². The molecule has 1 aromatic heterocycles. The van der Waals surface area contributed by atoms with E-state index in [0.29, 0.717) is 22.9 Å². The number of carbonyl (C=O) groups excluding carboxylic acids is 1. The first-order valence-corrected chi connectivity index (χ1v) is 9.90. The molecule has 1 saturated heterocycles. The number of piperidine rings is 1. The monoisotopic (exact) mass is 440 g/mol. The average Bonchev–Trinajstić information content (AvgIpc) is 2.99. The molecule has 0 saturated carbocycles. The molecule has 0 bridgehead atoms. The molecule has 0 atom stereocenters. The summed E-state index contributed by atoms with van der Waals surface area (Å²) in [6, 6.07) is 7.28. The van der Waals surface area contributed by atoms with Crippen molar-refractivity contribution in [2.45, 2.75) is 31.2 Å². The molecule has 2 aromatic rings.